The van der Waals surface area contributed by atoms with E-state index >= 15 is 0 Å². The first-order valence-corrected chi connectivity index (χ1v) is 11.6. The fourth-order valence-electron chi connectivity index (χ4n) is 5.36. The lowest BCUT2D eigenvalue weighted by atomic mass is 9.66. The largest absolute Gasteiger partial charge is 0.497 e. The Morgan fingerprint density at radius 3 is 2.42 bits per heavy atom. The van der Waals surface area contributed by atoms with E-state index in [1.54, 1.807) is 27.4 Å². The molecule has 3 atom stereocenters. The number of fused-ring (bicyclic) bond motifs is 1. The van der Waals surface area contributed by atoms with Crippen LogP contribution in [0.2, 0.25) is 0 Å². The Balaban J connectivity index is 1.69. The predicted molar refractivity (Wildman–Crippen MR) is 128 cm³/mol. The van der Waals surface area contributed by atoms with Crippen LogP contribution >= 0.6 is 0 Å². The molecule has 6 heteroatoms. The van der Waals surface area contributed by atoms with Crippen LogP contribution in [0.25, 0.3) is 6.08 Å². The second-order valence-electron chi connectivity index (χ2n) is 8.90. The molecule has 1 aliphatic heterocycles. The van der Waals surface area contributed by atoms with Crippen molar-refractivity contribution in [2.75, 3.05) is 27.9 Å². The van der Waals surface area contributed by atoms with Crippen molar-refractivity contribution in [2.24, 2.45) is 5.92 Å². The number of benzene rings is 2. The summed E-state index contributed by atoms with van der Waals surface area (Å²) in [6, 6.07) is 13.0. The molecule has 3 unspecified atom stereocenters. The normalized spacial score (nSPS) is 24.9. The number of carbonyl (C=O) groups excluding carboxylic acids is 1. The maximum absolute atomic E-state index is 13.5. The van der Waals surface area contributed by atoms with Crippen LogP contribution in [-0.4, -0.2) is 49.4 Å². The van der Waals surface area contributed by atoms with Gasteiger partial charge in [-0.1, -0.05) is 25.0 Å². The minimum absolute atomic E-state index is 0.0562. The summed E-state index contributed by atoms with van der Waals surface area (Å²) < 4.78 is 16.4. The Bertz CT molecular complexity index is 1000. The number of likely N-dealkylation sites (tertiary alicyclic amines) is 1. The second kappa shape index (κ2) is 9.87. The molecule has 2 aromatic rings. The number of rotatable bonds is 6. The number of aliphatic hydroxyl groups is 1. The van der Waals surface area contributed by atoms with Crippen molar-refractivity contribution in [1.82, 2.24) is 4.90 Å². The Morgan fingerprint density at radius 2 is 1.73 bits per heavy atom. The number of hydrogen-bond donors (Lipinski definition) is 1. The highest BCUT2D eigenvalue weighted by molar-refractivity contribution is 5.92. The molecule has 0 spiro atoms. The third-order valence-electron chi connectivity index (χ3n) is 7.14. The minimum Gasteiger partial charge on any atom is -0.497 e. The summed E-state index contributed by atoms with van der Waals surface area (Å²) in [6.07, 6.45) is 7.72. The van der Waals surface area contributed by atoms with Crippen LogP contribution in [0.1, 0.15) is 49.3 Å². The highest BCUT2D eigenvalue weighted by Gasteiger charge is 2.50. The molecular weight excluding hydrogens is 418 g/mol. The number of carbonyl (C=O) groups is 1. The number of methoxy groups -OCH3 is 3. The number of piperidine rings is 1. The lowest BCUT2D eigenvalue weighted by molar-refractivity contribution is -0.151. The zero-order valence-electron chi connectivity index (χ0n) is 19.6. The number of ether oxygens (including phenoxy) is 3. The third kappa shape index (κ3) is 4.71. The summed E-state index contributed by atoms with van der Waals surface area (Å²) in [7, 11) is 4.89. The fraction of sp³-hybridized carbons (Fsp3) is 0.444. The number of amides is 1. The van der Waals surface area contributed by atoms with Gasteiger partial charge in [-0.05, 0) is 61.2 Å². The standard InChI is InChI=1S/C27H33NO5/c1-31-20-10-7-19(8-11-20)9-14-25(29)28-17-16-27(30)15-5-4-6-23(27)26(28)22-18-21(32-2)12-13-24(22)33-3/h7-14,18,23,26,30H,4-6,15-17H2,1-3H3. The molecular formula is C27H33NO5. The Labute approximate surface area is 195 Å². The highest BCUT2D eigenvalue weighted by Crippen LogP contribution is 2.51. The minimum atomic E-state index is -0.770. The van der Waals surface area contributed by atoms with Gasteiger partial charge >= 0.3 is 0 Å². The van der Waals surface area contributed by atoms with Crippen molar-refractivity contribution in [3.8, 4) is 17.2 Å². The number of hydrogen-bond acceptors (Lipinski definition) is 5. The first-order valence-electron chi connectivity index (χ1n) is 11.6. The molecule has 0 aromatic heterocycles. The van der Waals surface area contributed by atoms with Gasteiger partial charge in [0, 0.05) is 24.1 Å². The molecule has 2 aliphatic rings. The van der Waals surface area contributed by atoms with Gasteiger partial charge in [0.25, 0.3) is 0 Å². The van der Waals surface area contributed by atoms with E-state index in [4.69, 9.17) is 14.2 Å². The summed E-state index contributed by atoms with van der Waals surface area (Å²) in [5, 5.41) is 11.5. The van der Waals surface area contributed by atoms with Gasteiger partial charge in [0.05, 0.1) is 33.0 Å². The van der Waals surface area contributed by atoms with E-state index < -0.39 is 5.60 Å². The number of nitrogens with zero attached hydrogens (tertiary/aromatic N) is 1. The van der Waals surface area contributed by atoms with Crippen LogP contribution in [0.4, 0.5) is 0 Å². The molecule has 1 saturated carbocycles. The predicted octanol–water partition coefficient (Wildman–Crippen LogP) is 4.62. The monoisotopic (exact) mass is 451 g/mol. The van der Waals surface area contributed by atoms with E-state index in [0.717, 1.165) is 42.6 Å². The molecule has 0 radical (unpaired) electrons. The summed E-state index contributed by atoms with van der Waals surface area (Å²) in [5.74, 6) is 2.05. The smallest absolute Gasteiger partial charge is 0.247 e. The molecule has 33 heavy (non-hydrogen) atoms. The van der Waals surface area contributed by atoms with Crippen LogP contribution in [0.5, 0.6) is 17.2 Å². The summed E-state index contributed by atoms with van der Waals surface area (Å²) >= 11 is 0. The molecule has 6 nitrogen and oxygen atoms in total. The van der Waals surface area contributed by atoms with Crippen LogP contribution in [0.3, 0.4) is 0 Å². The zero-order valence-corrected chi connectivity index (χ0v) is 19.6. The van der Waals surface area contributed by atoms with Crippen molar-refractivity contribution in [2.45, 2.75) is 43.7 Å². The molecule has 2 fully saturated rings. The molecule has 2 aromatic carbocycles. The SMILES string of the molecule is COc1ccc(C=CC(=O)N2CCC3(O)CCCCC3C2c2cc(OC)ccc2OC)cc1. The van der Waals surface area contributed by atoms with E-state index in [9.17, 15) is 9.90 Å². The van der Waals surface area contributed by atoms with Gasteiger partial charge in [-0.2, -0.15) is 0 Å². The molecule has 1 N–H and O–H groups in total. The van der Waals surface area contributed by atoms with E-state index in [1.165, 1.54) is 0 Å². The van der Waals surface area contributed by atoms with Crippen LogP contribution in [0, 0.1) is 5.92 Å². The fourth-order valence-corrected chi connectivity index (χ4v) is 5.36. The Hall–Kier alpha value is -2.99. The van der Waals surface area contributed by atoms with Crippen LogP contribution < -0.4 is 14.2 Å². The highest BCUT2D eigenvalue weighted by atomic mass is 16.5. The maximum Gasteiger partial charge on any atom is 0.247 e. The first kappa shape index (κ1) is 23.2. The molecule has 176 valence electrons. The van der Waals surface area contributed by atoms with Gasteiger partial charge in [-0.3, -0.25) is 4.79 Å². The van der Waals surface area contributed by atoms with Gasteiger partial charge in [0.2, 0.25) is 5.91 Å². The molecule has 1 heterocycles. The Morgan fingerprint density at radius 1 is 1.00 bits per heavy atom. The lowest BCUT2D eigenvalue weighted by Crippen LogP contribution is -2.56. The Kier molecular flexibility index (Phi) is 6.94. The quantitative estimate of drug-likeness (QED) is 0.649. The zero-order chi connectivity index (χ0) is 23.4. The molecule has 0 bridgehead atoms. The van der Waals surface area contributed by atoms with Crippen molar-refractivity contribution in [3.05, 3.63) is 59.7 Å². The molecule has 4 rings (SSSR count). The van der Waals surface area contributed by atoms with Crippen LogP contribution in [0.15, 0.2) is 48.5 Å². The first-order chi connectivity index (χ1) is 16.0. The van der Waals surface area contributed by atoms with Gasteiger partial charge in [-0.15, -0.1) is 0 Å². The maximum atomic E-state index is 13.5. The molecule has 1 saturated heterocycles. The van der Waals surface area contributed by atoms with Gasteiger partial charge in [0.1, 0.15) is 17.2 Å². The topological polar surface area (TPSA) is 68.2 Å². The van der Waals surface area contributed by atoms with Crippen LogP contribution in [-0.2, 0) is 4.79 Å². The summed E-state index contributed by atoms with van der Waals surface area (Å²) in [5.41, 5.74) is 1.03. The van der Waals surface area contributed by atoms with Crippen molar-refractivity contribution < 1.29 is 24.1 Å². The van der Waals surface area contributed by atoms with E-state index in [2.05, 4.69) is 0 Å². The van der Waals surface area contributed by atoms with E-state index in [0.29, 0.717) is 24.5 Å². The van der Waals surface area contributed by atoms with Crippen molar-refractivity contribution >= 4 is 12.0 Å². The molecule has 1 aliphatic carbocycles. The molecule has 1 amide bonds. The van der Waals surface area contributed by atoms with Gasteiger partial charge in [0.15, 0.2) is 0 Å². The van der Waals surface area contributed by atoms with E-state index in [-0.39, 0.29) is 17.9 Å². The summed E-state index contributed by atoms with van der Waals surface area (Å²) in [4.78, 5) is 15.4. The van der Waals surface area contributed by atoms with Gasteiger partial charge < -0.3 is 24.2 Å². The third-order valence-corrected chi connectivity index (χ3v) is 7.14. The average Bonchev–Trinajstić information content (AvgIpc) is 2.86. The van der Waals surface area contributed by atoms with E-state index in [1.807, 2.05) is 53.4 Å². The summed E-state index contributed by atoms with van der Waals surface area (Å²) in [6.45, 7) is 0.490. The van der Waals surface area contributed by atoms with Crippen molar-refractivity contribution in [3.63, 3.8) is 0 Å². The lowest BCUT2D eigenvalue weighted by Gasteiger charge is -2.52. The van der Waals surface area contributed by atoms with Crippen molar-refractivity contribution in [1.29, 1.82) is 0 Å². The average molecular weight is 452 g/mol. The van der Waals surface area contributed by atoms with Gasteiger partial charge in [-0.25, -0.2) is 0 Å². The second-order valence-corrected chi connectivity index (χ2v) is 8.90.